The Labute approximate surface area is 87.5 Å². The van der Waals surface area contributed by atoms with Crippen molar-refractivity contribution in [3.63, 3.8) is 0 Å². The molecule has 0 spiro atoms. The molecule has 0 aromatic carbocycles. The van der Waals surface area contributed by atoms with E-state index in [0.29, 0.717) is 5.41 Å². The van der Waals surface area contributed by atoms with Gasteiger partial charge in [0.25, 0.3) is 0 Å². The zero-order chi connectivity index (χ0) is 10.0. The van der Waals surface area contributed by atoms with Gasteiger partial charge in [-0.15, -0.1) is 0 Å². The van der Waals surface area contributed by atoms with Crippen molar-refractivity contribution in [2.45, 2.75) is 26.2 Å². The number of nitrogens with zero attached hydrogens (tertiary/aromatic N) is 2. The topological polar surface area (TPSA) is 58.0 Å². The SMILES string of the molecule is Cc1nsc(NCC2(CCO)CC2)n1. The molecule has 14 heavy (non-hydrogen) atoms. The summed E-state index contributed by atoms with van der Waals surface area (Å²) in [5.74, 6) is 0.824. The first-order valence-electron chi connectivity index (χ1n) is 4.89. The summed E-state index contributed by atoms with van der Waals surface area (Å²) < 4.78 is 4.10. The summed E-state index contributed by atoms with van der Waals surface area (Å²) in [6.45, 7) is 3.10. The molecule has 0 atom stereocenters. The van der Waals surface area contributed by atoms with Crippen LogP contribution in [-0.4, -0.2) is 27.6 Å². The van der Waals surface area contributed by atoms with Crippen LogP contribution in [0.5, 0.6) is 0 Å². The van der Waals surface area contributed by atoms with E-state index in [1.807, 2.05) is 6.92 Å². The normalized spacial score (nSPS) is 18.1. The number of hydrogen-bond acceptors (Lipinski definition) is 5. The molecular formula is C9H15N3OS. The molecule has 0 aliphatic heterocycles. The summed E-state index contributed by atoms with van der Waals surface area (Å²) in [4.78, 5) is 4.24. The average Bonchev–Trinajstić information content (AvgIpc) is 2.80. The van der Waals surface area contributed by atoms with Crippen LogP contribution >= 0.6 is 11.5 Å². The highest BCUT2D eigenvalue weighted by molar-refractivity contribution is 7.09. The molecule has 1 aliphatic rings. The van der Waals surface area contributed by atoms with Gasteiger partial charge < -0.3 is 10.4 Å². The Balaban J connectivity index is 1.82. The Morgan fingerprint density at radius 1 is 1.57 bits per heavy atom. The van der Waals surface area contributed by atoms with Gasteiger partial charge in [-0.1, -0.05) is 0 Å². The molecule has 5 heteroatoms. The zero-order valence-corrected chi connectivity index (χ0v) is 9.10. The number of nitrogens with one attached hydrogen (secondary N) is 1. The number of aliphatic hydroxyl groups is 1. The van der Waals surface area contributed by atoms with E-state index in [1.165, 1.54) is 24.4 Å². The van der Waals surface area contributed by atoms with Crippen molar-refractivity contribution < 1.29 is 5.11 Å². The number of hydrogen-bond donors (Lipinski definition) is 2. The van der Waals surface area contributed by atoms with Crippen LogP contribution in [0.4, 0.5) is 5.13 Å². The molecule has 0 saturated heterocycles. The molecule has 1 aromatic rings. The summed E-state index contributed by atoms with van der Waals surface area (Å²) in [7, 11) is 0. The fourth-order valence-corrected chi connectivity index (χ4v) is 2.13. The third kappa shape index (κ3) is 2.22. The Morgan fingerprint density at radius 2 is 2.36 bits per heavy atom. The van der Waals surface area contributed by atoms with E-state index in [1.54, 1.807) is 0 Å². The minimum absolute atomic E-state index is 0.289. The van der Waals surface area contributed by atoms with Gasteiger partial charge in [-0.05, 0) is 31.6 Å². The van der Waals surface area contributed by atoms with Gasteiger partial charge in [-0.3, -0.25) is 0 Å². The summed E-state index contributed by atoms with van der Waals surface area (Å²) in [5.41, 5.74) is 0.342. The molecule has 1 aromatic heterocycles. The van der Waals surface area contributed by atoms with Crippen molar-refractivity contribution in [1.29, 1.82) is 0 Å². The van der Waals surface area contributed by atoms with Crippen molar-refractivity contribution >= 4 is 16.7 Å². The monoisotopic (exact) mass is 213 g/mol. The number of aryl methyl sites for hydroxylation is 1. The second-order valence-corrected chi connectivity index (χ2v) is 4.73. The molecule has 0 amide bonds. The molecule has 0 radical (unpaired) electrons. The molecule has 1 aliphatic carbocycles. The van der Waals surface area contributed by atoms with Crippen LogP contribution in [0.3, 0.4) is 0 Å². The number of rotatable bonds is 5. The van der Waals surface area contributed by atoms with Gasteiger partial charge in [0.2, 0.25) is 5.13 Å². The fraction of sp³-hybridized carbons (Fsp3) is 0.778. The fourth-order valence-electron chi connectivity index (χ4n) is 1.56. The van der Waals surface area contributed by atoms with Crippen LogP contribution in [0.25, 0.3) is 0 Å². The molecule has 0 bridgehead atoms. The van der Waals surface area contributed by atoms with Gasteiger partial charge in [0.15, 0.2) is 0 Å². The summed E-state index contributed by atoms with van der Waals surface area (Å²) in [5, 5.41) is 13.1. The minimum atomic E-state index is 0.289. The lowest BCUT2D eigenvalue weighted by atomic mass is 10.0. The first kappa shape index (κ1) is 9.86. The Morgan fingerprint density at radius 3 is 2.86 bits per heavy atom. The molecular weight excluding hydrogens is 198 g/mol. The quantitative estimate of drug-likeness (QED) is 0.776. The maximum atomic E-state index is 8.89. The maximum absolute atomic E-state index is 8.89. The summed E-state index contributed by atoms with van der Waals surface area (Å²) in [6.07, 6.45) is 3.34. The van der Waals surface area contributed by atoms with Gasteiger partial charge in [0.05, 0.1) is 0 Å². The summed E-state index contributed by atoms with van der Waals surface area (Å²) >= 11 is 1.40. The number of aromatic nitrogens is 2. The highest BCUT2D eigenvalue weighted by Crippen LogP contribution is 2.48. The van der Waals surface area contributed by atoms with Crippen LogP contribution in [0.1, 0.15) is 25.1 Å². The van der Waals surface area contributed by atoms with E-state index in [2.05, 4.69) is 14.7 Å². The van der Waals surface area contributed by atoms with Crippen LogP contribution in [0.2, 0.25) is 0 Å². The number of aliphatic hydroxyl groups excluding tert-OH is 1. The first-order valence-corrected chi connectivity index (χ1v) is 5.66. The van der Waals surface area contributed by atoms with Crippen molar-refractivity contribution in [2.24, 2.45) is 5.41 Å². The Kier molecular flexibility index (Phi) is 2.69. The molecule has 78 valence electrons. The predicted molar refractivity (Wildman–Crippen MR) is 56.5 cm³/mol. The predicted octanol–water partition coefficient (Wildman–Crippen LogP) is 1.42. The van der Waals surface area contributed by atoms with Crippen LogP contribution in [-0.2, 0) is 0 Å². The lowest BCUT2D eigenvalue weighted by molar-refractivity contribution is 0.253. The molecule has 1 saturated carbocycles. The standard InChI is InChI=1S/C9H15N3OS/c1-7-11-8(14-12-7)10-6-9(2-3-9)4-5-13/h13H,2-6H2,1H3,(H,10,11,12). The third-order valence-corrected chi connectivity index (χ3v) is 3.51. The highest BCUT2D eigenvalue weighted by atomic mass is 32.1. The van der Waals surface area contributed by atoms with Crippen molar-refractivity contribution in [3.05, 3.63) is 5.82 Å². The third-order valence-electron chi connectivity index (χ3n) is 2.74. The van der Waals surface area contributed by atoms with E-state index in [0.717, 1.165) is 23.9 Å². The lowest BCUT2D eigenvalue weighted by Gasteiger charge is -2.13. The van der Waals surface area contributed by atoms with Gasteiger partial charge in [0.1, 0.15) is 5.82 Å². The highest BCUT2D eigenvalue weighted by Gasteiger charge is 2.41. The van der Waals surface area contributed by atoms with E-state index in [4.69, 9.17) is 5.11 Å². The summed E-state index contributed by atoms with van der Waals surface area (Å²) in [6, 6.07) is 0. The van der Waals surface area contributed by atoms with E-state index in [9.17, 15) is 0 Å². The van der Waals surface area contributed by atoms with Crippen molar-refractivity contribution in [1.82, 2.24) is 9.36 Å². The van der Waals surface area contributed by atoms with Gasteiger partial charge in [0, 0.05) is 24.7 Å². The Hall–Kier alpha value is -0.680. The van der Waals surface area contributed by atoms with Gasteiger partial charge in [-0.25, -0.2) is 4.98 Å². The van der Waals surface area contributed by atoms with Crippen LogP contribution in [0, 0.1) is 12.3 Å². The molecule has 1 heterocycles. The van der Waals surface area contributed by atoms with Crippen molar-refractivity contribution in [3.8, 4) is 0 Å². The maximum Gasteiger partial charge on any atom is 0.202 e. The molecule has 4 nitrogen and oxygen atoms in total. The zero-order valence-electron chi connectivity index (χ0n) is 8.29. The lowest BCUT2D eigenvalue weighted by Crippen LogP contribution is -2.16. The molecule has 0 unspecified atom stereocenters. The second-order valence-electron chi connectivity index (χ2n) is 3.97. The van der Waals surface area contributed by atoms with Crippen LogP contribution in [0.15, 0.2) is 0 Å². The average molecular weight is 213 g/mol. The van der Waals surface area contributed by atoms with E-state index < -0.39 is 0 Å². The largest absolute Gasteiger partial charge is 0.396 e. The smallest absolute Gasteiger partial charge is 0.202 e. The number of anilines is 1. The minimum Gasteiger partial charge on any atom is -0.396 e. The molecule has 1 fully saturated rings. The van der Waals surface area contributed by atoms with E-state index >= 15 is 0 Å². The van der Waals surface area contributed by atoms with Crippen LogP contribution < -0.4 is 5.32 Å². The van der Waals surface area contributed by atoms with Gasteiger partial charge >= 0.3 is 0 Å². The Bertz CT molecular complexity index is 309. The molecule has 2 N–H and O–H groups in total. The van der Waals surface area contributed by atoms with Crippen molar-refractivity contribution in [2.75, 3.05) is 18.5 Å². The first-order chi connectivity index (χ1) is 6.74. The molecule has 2 rings (SSSR count). The second kappa shape index (κ2) is 3.82. The van der Waals surface area contributed by atoms with Gasteiger partial charge in [-0.2, -0.15) is 4.37 Å². The van der Waals surface area contributed by atoms with E-state index in [-0.39, 0.29) is 6.61 Å².